The van der Waals surface area contributed by atoms with Gasteiger partial charge in [-0.2, -0.15) is 0 Å². The largest absolute Gasteiger partial charge is 0.563 e. The number of hydrogen-bond acceptors (Lipinski definition) is 5. The van der Waals surface area contributed by atoms with E-state index in [1.54, 1.807) is 17.2 Å². The molecule has 1 amide bonds. The van der Waals surface area contributed by atoms with E-state index >= 15 is 4.39 Å². The molecule has 33 heavy (non-hydrogen) atoms. The summed E-state index contributed by atoms with van der Waals surface area (Å²) in [6.45, 7) is 15.6. The van der Waals surface area contributed by atoms with Gasteiger partial charge in [0.25, 0.3) is 0 Å². The van der Waals surface area contributed by atoms with Gasteiger partial charge in [-0.3, -0.25) is 4.90 Å². The summed E-state index contributed by atoms with van der Waals surface area (Å²) in [5.41, 5.74) is 1.08. The molecule has 1 N–H and O–H groups in total. The first kappa shape index (κ1) is 23.4. The zero-order valence-electron chi connectivity index (χ0n) is 20.1. The lowest BCUT2D eigenvalue weighted by atomic mass is 9.75. The maximum atomic E-state index is 15.2. The van der Waals surface area contributed by atoms with Gasteiger partial charge in [0.15, 0.2) is 0 Å². The van der Waals surface area contributed by atoms with Crippen LogP contribution in [0.25, 0.3) is 11.3 Å². The molecule has 4 rings (SSSR count). The molecule has 3 heterocycles. The molecule has 1 aromatic heterocycles. The molecular weight excluding hydrogens is 424 g/mol. The van der Waals surface area contributed by atoms with Crippen molar-refractivity contribution in [3.63, 3.8) is 0 Å². The van der Waals surface area contributed by atoms with Gasteiger partial charge in [0, 0.05) is 23.8 Å². The van der Waals surface area contributed by atoms with E-state index in [4.69, 9.17) is 14.0 Å². The van der Waals surface area contributed by atoms with Crippen LogP contribution >= 0.6 is 0 Å². The smallest absolute Gasteiger partial charge is 0.534 e. The molecule has 2 fully saturated rings. The molecular formula is C24H31BFN3O4. The fourth-order valence-corrected chi connectivity index (χ4v) is 4.14. The van der Waals surface area contributed by atoms with Crippen LogP contribution in [0.4, 0.5) is 9.18 Å². The lowest BCUT2D eigenvalue weighted by Gasteiger charge is -2.27. The van der Waals surface area contributed by atoms with E-state index in [0.717, 1.165) is 18.4 Å². The fourth-order valence-electron chi connectivity index (χ4n) is 4.14. The van der Waals surface area contributed by atoms with Crippen LogP contribution in [0.2, 0.25) is 0 Å². The zero-order valence-corrected chi connectivity index (χ0v) is 20.1. The summed E-state index contributed by atoms with van der Waals surface area (Å²) >= 11 is 0. The summed E-state index contributed by atoms with van der Waals surface area (Å²) in [6.07, 6.45) is 2.93. The molecule has 2 aliphatic heterocycles. The Morgan fingerprint density at radius 3 is 2.76 bits per heavy atom. The number of benzene rings is 1. The fraction of sp³-hybridized carbons (Fsp3) is 0.500. The summed E-state index contributed by atoms with van der Waals surface area (Å²) in [5.74, 6) is 0.709. The van der Waals surface area contributed by atoms with E-state index in [9.17, 15) is 4.79 Å². The molecule has 0 spiro atoms. The second-order valence-corrected chi connectivity index (χ2v) is 10.2. The van der Waals surface area contributed by atoms with Gasteiger partial charge in [-0.25, -0.2) is 14.2 Å². The van der Waals surface area contributed by atoms with Crippen LogP contribution in [-0.4, -0.2) is 45.8 Å². The van der Waals surface area contributed by atoms with Crippen LogP contribution in [0, 0.1) is 12.7 Å². The average molecular weight is 455 g/mol. The minimum absolute atomic E-state index is 0.231. The molecule has 0 unspecified atom stereocenters. The quantitative estimate of drug-likeness (QED) is 0.683. The molecule has 2 aromatic rings. The molecule has 0 aliphatic carbocycles. The molecule has 2 aliphatic rings. The standard InChI is InChI=1S/C24H31BFN3O4/c1-14-11-16(18(26)12-17(14)25-32-15(2)24(6,7)33-25)19-13-27-21(28-19)20-9-8-10-29(20)22(30)31-23(3,4)5/h11-13,20H,2,8-10H2,1,3-7H3,(H,27,28)/t20-/m0/s1. The van der Waals surface area contributed by atoms with Crippen molar-refractivity contribution in [1.82, 2.24) is 14.9 Å². The number of rotatable bonds is 3. The van der Waals surface area contributed by atoms with Crippen molar-refractivity contribution < 1.29 is 23.2 Å². The Bertz CT molecular complexity index is 1090. The Morgan fingerprint density at radius 2 is 2.12 bits per heavy atom. The van der Waals surface area contributed by atoms with Crippen LogP contribution in [0.1, 0.15) is 64.9 Å². The minimum Gasteiger partial charge on any atom is -0.534 e. The molecule has 2 saturated heterocycles. The predicted molar refractivity (Wildman–Crippen MR) is 124 cm³/mol. The third kappa shape index (κ3) is 4.64. The molecule has 0 saturated carbocycles. The van der Waals surface area contributed by atoms with Crippen molar-refractivity contribution in [2.45, 2.75) is 71.6 Å². The van der Waals surface area contributed by atoms with Crippen molar-refractivity contribution in [3.8, 4) is 11.3 Å². The summed E-state index contributed by atoms with van der Waals surface area (Å²) in [4.78, 5) is 22.1. The topological polar surface area (TPSA) is 76.7 Å². The normalized spacial score (nSPS) is 20.3. The highest BCUT2D eigenvalue weighted by Gasteiger charge is 2.44. The maximum absolute atomic E-state index is 15.2. The molecule has 0 bridgehead atoms. The van der Waals surface area contributed by atoms with Gasteiger partial charge in [-0.05, 0) is 72.1 Å². The molecule has 1 aromatic carbocycles. The van der Waals surface area contributed by atoms with Crippen LogP contribution in [-0.2, 0) is 14.0 Å². The second-order valence-electron chi connectivity index (χ2n) is 10.2. The second kappa shape index (κ2) is 8.20. The first-order valence-corrected chi connectivity index (χ1v) is 11.2. The number of nitrogens with one attached hydrogen (secondary N) is 1. The number of likely N-dealkylation sites (tertiary alicyclic amines) is 1. The van der Waals surface area contributed by atoms with Crippen LogP contribution in [0.5, 0.6) is 0 Å². The van der Waals surface area contributed by atoms with Crippen LogP contribution in [0.3, 0.4) is 0 Å². The van der Waals surface area contributed by atoms with Gasteiger partial charge in [0.1, 0.15) is 22.8 Å². The summed E-state index contributed by atoms with van der Waals surface area (Å²) in [7, 11) is -0.702. The van der Waals surface area contributed by atoms with Crippen molar-refractivity contribution in [3.05, 3.63) is 47.9 Å². The number of halogens is 1. The van der Waals surface area contributed by atoms with Gasteiger partial charge < -0.3 is 19.0 Å². The SMILES string of the molecule is C=C1OB(c2cc(F)c(-c3c[nH]c([C@@H]4CCCN4C(=O)OC(C)(C)C)n3)cc2C)OC1(C)C. The molecule has 9 heteroatoms. The Morgan fingerprint density at radius 1 is 1.39 bits per heavy atom. The Kier molecular flexibility index (Phi) is 5.80. The predicted octanol–water partition coefficient (Wildman–Crippen LogP) is 4.63. The highest BCUT2D eigenvalue weighted by atomic mass is 19.1. The molecule has 176 valence electrons. The number of aromatic nitrogens is 2. The Balaban J connectivity index is 1.57. The highest BCUT2D eigenvalue weighted by molar-refractivity contribution is 6.63. The number of carbonyl (C=O) groups is 1. The number of ether oxygens (including phenoxy) is 1. The number of H-pyrrole nitrogens is 1. The first-order valence-electron chi connectivity index (χ1n) is 11.2. The number of imidazole rings is 1. The number of aromatic amines is 1. The number of carbonyl (C=O) groups excluding carboxylic acids is 1. The van der Waals surface area contributed by atoms with Crippen molar-refractivity contribution in [2.24, 2.45) is 0 Å². The molecule has 7 nitrogen and oxygen atoms in total. The Hall–Kier alpha value is -2.81. The average Bonchev–Trinajstić information content (AvgIpc) is 3.41. The van der Waals surface area contributed by atoms with Crippen molar-refractivity contribution >= 4 is 18.7 Å². The number of amides is 1. The minimum atomic E-state index is -0.702. The zero-order chi connectivity index (χ0) is 24.1. The van der Waals surface area contributed by atoms with E-state index in [2.05, 4.69) is 16.5 Å². The van der Waals surface area contributed by atoms with Crippen molar-refractivity contribution in [2.75, 3.05) is 6.54 Å². The first-order chi connectivity index (χ1) is 15.4. The summed E-state index contributed by atoms with van der Waals surface area (Å²) in [6, 6.07) is 2.94. The molecule has 0 radical (unpaired) electrons. The Labute approximate surface area is 194 Å². The van der Waals surface area contributed by atoms with Gasteiger partial charge in [0.05, 0.1) is 17.5 Å². The van der Waals surface area contributed by atoms with Gasteiger partial charge >= 0.3 is 13.2 Å². The third-order valence-corrected chi connectivity index (χ3v) is 6.00. The van der Waals surface area contributed by atoms with E-state index in [1.165, 1.54) is 6.07 Å². The van der Waals surface area contributed by atoms with E-state index < -0.39 is 24.1 Å². The summed E-state index contributed by atoms with van der Waals surface area (Å²) in [5, 5.41) is 0. The lowest BCUT2D eigenvalue weighted by Crippen LogP contribution is -2.36. The third-order valence-electron chi connectivity index (χ3n) is 6.00. The van der Waals surface area contributed by atoms with E-state index in [1.807, 2.05) is 41.5 Å². The van der Waals surface area contributed by atoms with Crippen LogP contribution < -0.4 is 5.46 Å². The number of nitrogens with zero attached hydrogens (tertiary/aromatic N) is 2. The molecule has 1 atom stereocenters. The highest BCUT2D eigenvalue weighted by Crippen LogP contribution is 2.34. The summed E-state index contributed by atoms with van der Waals surface area (Å²) < 4.78 is 32.3. The van der Waals surface area contributed by atoms with Gasteiger partial charge in [-0.15, -0.1) is 0 Å². The van der Waals surface area contributed by atoms with Gasteiger partial charge in [0.2, 0.25) is 0 Å². The van der Waals surface area contributed by atoms with Gasteiger partial charge in [-0.1, -0.05) is 6.58 Å². The number of aryl methyl sites for hydroxylation is 1. The monoisotopic (exact) mass is 455 g/mol. The number of hydrogen-bond donors (Lipinski definition) is 1. The maximum Gasteiger partial charge on any atom is 0.563 e. The van der Waals surface area contributed by atoms with Crippen molar-refractivity contribution in [1.29, 1.82) is 0 Å². The van der Waals surface area contributed by atoms with E-state index in [-0.39, 0.29) is 12.1 Å². The lowest BCUT2D eigenvalue weighted by molar-refractivity contribution is 0.0218. The van der Waals surface area contributed by atoms with E-state index in [0.29, 0.717) is 34.8 Å². The van der Waals surface area contributed by atoms with Crippen LogP contribution in [0.15, 0.2) is 30.7 Å².